The number of benzene rings is 4. The van der Waals surface area contributed by atoms with Gasteiger partial charge in [0.25, 0.3) is 11.8 Å². The number of imide groups is 1. The second-order valence-electron chi connectivity index (χ2n) is 9.98. The first-order chi connectivity index (χ1) is 19.2. The zero-order valence-electron chi connectivity index (χ0n) is 22.1. The van der Waals surface area contributed by atoms with E-state index in [9.17, 15) is 14.4 Å². The molecular weight excluding hydrogens is 524 g/mol. The highest BCUT2D eigenvalue weighted by Crippen LogP contribution is 2.32. The Morgan fingerprint density at radius 2 is 1.35 bits per heavy atom. The molecule has 0 spiro atoms. The van der Waals surface area contributed by atoms with E-state index in [0.29, 0.717) is 17.0 Å². The third-order valence-corrected chi connectivity index (χ3v) is 7.32. The summed E-state index contributed by atoms with van der Waals surface area (Å²) in [5.41, 5.74) is 3.74. The van der Waals surface area contributed by atoms with Gasteiger partial charge in [-0.2, -0.15) is 0 Å². The van der Waals surface area contributed by atoms with Gasteiger partial charge in [-0.15, -0.1) is 0 Å². The van der Waals surface area contributed by atoms with E-state index in [0.717, 1.165) is 16.0 Å². The Morgan fingerprint density at radius 3 is 1.98 bits per heavy atom. The number of ether oxygens (including phenoxy) is 1. The molecule has 1 N–H and O–H groups in total. The summed E-state index contributed by atoms with van der Waals surface area (Å²) in [4.78, 5) is 39.4. The molecule has 0 saturated heterocycles. The van der Waals surface area contributed by atoms with E-state index in [1.807, 2.05) is 60.7 Å². The number of amides is 2. The van der Waals surface area contributed by atoms with Crippen LogP contribution in [0.5, 0.6) is 5.75 Å². The predicted molar refractivity (Wildman–Crippen MR) is 155 cm³/mol. The molecule has 1 heterocycles. The minimum Gasteiger partial charge on any atom is -0.423 e. The van der Waals surface area contributed by atoms with Crippen molar-refractivity contribution in [1.82, 2.24) is 4.90 Å². The van der Waals surface area contributed by atoms with E-state index in [1.54, 1.807) is 36.4 Å². The molecule has 2 amide bonds. The van der Waals surface area contributed by atoms with Gasteiger partial charge in [0, 0.05) is 11.1 Å². The third-order valence-electron chi connectivity index (χ3n) is 6.97. The van der Waals surface area contributed by atoms with E-state index in [2.05, 4.69) is 31.3 Å². The van der Waals surface area contributed by atoms with Gasteiger partial charge >= 0.3 is 5.97 Å². The van der Waals surface area contributed by atoms with Crippen LogP contribution in [-0.4, -0.2) is 22.7 Å². The molecule has 1 aliphatic heterocycles. The predicted octanol–water partition coefficient (Wildman–Crippen LogP) is 6.66. The minimum atomic E-state index is -0.559. The van der Waals surface area contributed by atoms with Crippen LogP contribution in [0, 0.1) is 0 Å². The van der Waals surface area contributed by atoms with Crippen molar-refractivity contribution in [2.24, 2.45) is 0 Å². The summed E-state index contributed by atoms with van der Waals surface area (Å²) in [6.07, 6.45) is 0. The van der Waals surface area contributed by atoms with Crippen molar-refractivity contribution < 1.29 is 19.1 Å². The topological polar surface area (TPSA) is 75.7 Å². The van der Waals surface area contributed by atoms with Crippen LogP contribution in [-0.2, 0) is 21.5 Å². The maximum atomic E-state index is 12.9. The Kier molecular flexibility index (Phi) is 7.54. The van der Waals surface area contributed by atoms with Crippen molar-refractivity contribution >= 4 is 35.1 Å². The van der Waals surface area contributed by atoms with Crippen molar-refractivity contribution in [1.29, 1.82) is 0 Å². The lowest BCUT2D eigenvalue weighted by Crippen LogP contribution is -2.31. The van der Waals surface area contributed by atoms with Gasteiger partial charge in [0.15, 0.2) is 0 Å². The van der Waals surface area contributed by atoms with Gasteiger partial charge in [0.2, 0.25) is 0 Å². The van der Waals surface area contributed by atoms with Crippen LogP contribution in [0.2, 0.25) is 0 Å². The number of rotatable bonds is 8. The van der Waals surface area contributed by atoms with E-state index < -0.39 is 17.8 Å². The van der Waals surface area contributed by atoms with Gasteiger partial charge in [0.1, 0.15) is 16.5 Å². The minimum absolute atomic E-state index is 0.00330. The summed E-state index contributed by atoms with van der Waals surface area (Å²) in [5, 5.41) is 2.74. The molecule has 0 atom stereocenters. The molecule has 0 radical (unpaired) electrons. The molecule has 1 aliphatic rings. The van der Waals surface area contributed by atoms with Gasteiger partial charge in [-0.05, 0) is 53.1 Å². The molecule has 0 unspecified atom stereocenters. The molecule has 7 heteroatoms. The first-order valence-electron chi connectivity index (χ1n) is 12.8. The SMILES string of the molecule is CC(C)(c1ccccc1)c1ccc(OC(=O)c2ccc(NC3=C(Cl)C(=O)N(Cc4ccccc4)C3=O)cc2)cc1. The third kappa shape index (κ3) is 5.53. The zero-order valence-corrected chi connectivity index (χ0v) is 22.8. The Labute approximate surface area is 237 Å². The van der Waals surface area contributed by atoms with Gasteiger partial charge in [-0.25, -0.2) is 4.79 Å². The van der Waals surface area contributed by atoms with Crippen LogP contribution in [0.4, 0.5) is 5.69 Å². The standard InChI is InChI=1S/C33H27ClN2O4/c1-33(2,24-11-7-4-8-12-24)25-15-19-27(20-16-25)40-32(39)23-13-17-26(18-14-23)35-29-28(34)30(37)36(31(29)38)21-22-9-5-3-6-10-22/h3-20,35H,21H2,1-2H3. The van der Waals surface area contributed by atoms with Crippen molar-refractivity contribution in [3.8, 4) is 5.75 Å². The lowest BCUT2D eigenvalue weighted by atomic mass is 9.78. The van der Waals surface area contributed by atoms with Crippen LogP contribution in [0.15, 0.2) is 120 Å². The van der Waals surface area contributed by atoms with Crippen molar-refractivity contribution in [3.63, 3.8) is 0 Å². The molecule has 4 aromatic carbocycles. The van der Waals surface area contributed by atoms with E-state index in [-0.39, 0.29) is 22.7 Å². The Hall–Kier alpha value is -4.68. The number of nitrogens with zero attached hydrogens (tertiary/aromatic N) is 1. The number of carbonyl (C=O) groups excluding carboxylic acids is 3. The molecule has 0 bridgehead atoms. The second-order valence-corrected chi connectivity index (χ2v) is 10.4. The van der Waals surface area contributed by atoms with E-state index >= 15 is 0 Å². The highest BCUT2D eigenvalue weighted by atomic mass is 35.5. The maximum Gasteiger partial charge on any atom is 0.343 e. The lowest BCUT2D eigenvalue weighted by molar-refractivity contribution is -0.138. The summed E-state index contributed by atoms with van der Waals surface area (Å²) < 4.78 is 5.57. The average molecular weight is 551 g/mol. The highest BCUT2D eigenvalue weighted by molar-refractivity contribution is 6.48. The Morgan fingerprint density at radius 1 is 0.775 bits per heavy atom. The quantitative estimate of drug-likeness (QED) is 0.151. The molecule has 5 rings (SSSR count). The number of esters is 1. The van der Waals surface area contributed by atoms with Gasteiger partial charge in [0.05, 0.1) is 12.1 Å². The van der Waals surface area contributed by atoms with Crippen molar-refractivity contribution in [2.45, 2.75) is 25.8 Å². The van der Waals surface area contributed by atoms with Crippen LogP contribution < -0.4 is 10.1 Å². The highest BCUT2D eigenvalue weighted by Gasteiger charge is 2.37. The largest absolute Gasteiger partial charge is 0.423 e. The molecule has 40 heavy (non-hydrogen) atoms. The molecule has 200 valence electrons. The summed E-state index contributed by atoms with van der Waals surface area (Å²) in [6.45, 7) is 4.42. The molecule has 6 nitrogen and oxygen atoms in total. The number of halogens is 1. The van der Waals surface area contributed by atoms with Gasteiger partial charge in [-0.1, -0.05) is 98.2 Å². The normalized spacial score (nSPS) is 13.5. The molecule has 0 aliphatic carbocycles. The van der Waals surface area contributed by atoms with Crippen LogP contribution in [0.3, 0.4) is 0 Å². The van der Waals surface area contributed by atoms with Gasteiger partial charge in [-0.3, -0.25) is 14.5 Å². The Bertz CT molecular complexity index is 1580. The first-order valence-corrected chi connectivity index (χ1v) is 13.2. The lowest BCUT2D eigenvalue weighted by Gasteiger charge is -2.26. The monoisotopic (exact) mass is 550 g/mol. The summed E-state index contributed by atoms with van der Waals surface area (Å²) in [5.74, 6) is -1.15. The summed E-state index contributed by atoms with van der Waals surface area (Å²) in [7, 11) is 0. The van der Waals surface area contributed by atoms with Crippen LogP contribution in [0.1, 0.15) is 40.9 Å². The van der Waals surface area contributed by atoms with Crippen LogP contribution >= 0.6 is 11.6 Å². The number of nitrogens with one attached hydrogen (secondary N) is 1. The van der Waals surface area contributed by atoms with Crippen LogP contribution in [0.25, 0.3) is 0 Å². The fraction of sp³-hybridized carbons (Fsp3) is 0.121. The number of carbonyl (C=O) groups is 3. The molecule has 4 aromatic rings. The fourth-order valence-corrected chi connectivity index (χ4v) is 4.76. The molecule has 0 fully saturated rings. The van der Waals surface area contributed by atoms with Gasteiger partial charge < -0.3 is 10.1 Å². The van der Waals surface area contributed by atoms with E-state index in [1.165, 1.54) is 5.56 Å². The van der Waals surface area contributed by atoms with E-state index in [4.69, 9.17) is 16.3 Å². The van der Waals surface area contributed by atoms with Crippen molar-refractivity contribution in [2.75, 3.05) is 5.32 Å². The first kappa shape index (κ1) is 26.9. The van der Waals surface area contributed by atoms with Crippen molar-refractivity contribution in [3.05, 3.63) is 142 Å². The second kappa shape index (κ2) is 11.2. The molecule has 0 aromatic heterocycles. The molecular formula is C33H27ClN2O4. The number of anilines is 1. The smallest absolute Gasteiger partial charge is 0.343 e. The number of hydrogen-bond donors (Lipinski definition) is 1. The maximum absolute atomic E-state index is 12.9. The zero-order chi connectivity index (χ0) is 28.3. The fourth-order valence-electron chi connectivity index (χ4n) is 4.53. The molecule has 0 saturated carbocycles. The summed E-state index contributed by atoms with van der Waals surface area (Å²) in [6, 6.07) is 33.3. The Balaban J connectivity index is 1.22. The average Bonchev–Trinajstić information content (AvgIpc) is 3.17. The summed E-state index contributed by atoms with van der Waals surface area (Å²) >= 11 is 6.21. The number of hydrogen-bond acceptors (Lipinski definition) is 5.